The molecular weight excluding hydrogens is 270 g/mol. The molecule has 1 aromatic heterocycles. The molecule has 1 aromatic carbocycles. The largest absolute Gasteiger partial charge is 0.397 e. The first-order valence-electron chi connectivity index (χ1n) is 6.42. The van der Waals surface area contributed by atoms with Crippen molar-refractivity contribution in [2.24, 2.45) is 0 Å². The molecule has 20 heavy (non-hydrogen) atoms. The number of hydrogen-bond donors (Lipinski definition) is 2. The SMILES string of the molecule is CNC(=O)c1ccc(N)c(N(C)C(C)c2cccs2)c1. The predicted octanol–water partition coefficient (Wildman–Crippen LogP) is 2.89. The number of amides is 1. The third-order valence-corrected chi connectivity index (χ3v) is 4.48. The van der Waals surface area contributed by atoms with Gasteiger partial charge in [-0.1, -0.05) is 6.07 Å². The maximum Gasteiger partial charge on any atom is 0.251 e. The van der Waals surface area contributed by atoms with Crippen LogP contribution in [0.2, 0.25) is 0 Å². The lowest BCUT2D eigenvalue weighted by molar-refractivity contribution is 0.0963. The van der Waals surface area contributed by atoms with E-state index in [2.05, 4.69) is 28.6 Å². The van der Waals surface area contributed by atoms with E-state index in [-0.39, 0.29) is 11.9 Å². The summed E-state index contributed by atoms with van der Waals surface area (Å²) in [6, 6.07) is 9.69. The molecule has 2 rings (SSSR count). The normalized spacial score (nSPS) is 11.9. The molecule has 0 fully saturated rings. The van der Waals surface area contributed by atoms with E-state index >= 15 is 0 Å². The van der Waals surface area contributed by atoms with Gasteiger partial charge in [-0.25, -0.2) is 0 Å². The van der Waals surface area contributed by atoms with E-state index in [9.17, 15) is 4.79 Å². The molecule has 1 heterocycles. The number of nitrogens with zero attached hydrogens (tertiary/aromatic N) is 1. The van der Waals surface area contributed by atoms with Crippen molar-refractivity contribution >= 4 is 28.6 Å². The number of carbonyl (C=O) groups is 1. The summed E-state index contributed by atoms with van der Waals surface area (Å²) >= 11 is 1.71. The first-order valence-corrected chi connectivity index (χ1v) is 7.30. The molecule has 1 amide bonds. The fourth-order valence-electron chi connectivity index (χ4n) is 2.06. The highest BCUT2D eigenvalue weighted by Crippen LogP contribution is 2.32. The zero-order valence-corrected chi connectivity index (χ0v) is 12.7. The lowest BCUT2D eigenvalue weighted by atomic mass is 10.1. The fraction of sp³-hybridized carbons (Fsp3) is 0.267. The zero-order valence-electron chi connectivity index (χ0n) is 11.9. The van der Waals surface area contributed by atoms with E-state index in [4.69, 9.17) is 5.73 Å². The Morgan fingerprint density at radius 3 is 2.75 bits per heavy atom. The third kappa shape index (κ3) is 2.77. The number of nitrogen functional groups attached to an aromatic ring is 1. The van der Waals surface area contributed by atoms with Crippen LogP contribution >= 0.6 is 11.3 Å². The van der Waals surface area contributed by atoms with Crippen LogP contribution in [0.3, 0.4) is 0 Å². The average molecular weight is 289 g/mol. The molecule has 106 valence electrons. The Labute approximate surface area is 123 Å². The van der Waals surface area contributed by atoms with Gasteiger partial charge in [0.15, 0.2) is 0 Å². The summed E-state index contributed by atoms with van der Waals surface area (Å²) in [6.45, 7) is 2.12. The van der Waals surface area contributed by atoms with E-state index in [1.54, 1.807) is 30.5 Å². The van der Waals surface area contributed by atoms with Gasteiger partial charge >= 0.3 is 0 Å². The summed E-state index contributed by atoms with van der Waals surface area (Å²) in [5, 5.41) is 4.69. The molecule has 0 saturated heterocycles. The highest BCUT2D eigenvalue weighted by molar-refractivity contribution is 7.10. The smallest absolute Gasteiger partial charge is 0.251 e. The van der Waals surface area contributed by atoms with Crippen molar-refractivity contribution in [2.75, 3.05) is 24.7 Å². The third-order valence-electron chi connectivity index (χ3n) is 3.44. The van der Waals surface area contributed by atoms with Gasteiger partial charge in [-0.2, -0.15) is 0 Å². The number of nitrogens with two attached hydrogens (primary N) is 1. The number of rotatable bonds is 4. The van der Waals surface area contributed by atoms with E-state index in [1.165, 1.54) is 4.88 Å². The Hall–Kier alpha value is -2.01. The lowest BCUT2D eigenvalue weighted by Crippen LogP contribution is -2.23. The molecule has 3 N–H and O–H groups in total. The van der Waals surface area contributed by atoms with Crippen LogP contribution in [0.25, 0.3) is 0 Å². The number of benzene rings is 1. The fourth-order valence-corrected chi connectivity index (χ4v) is 2.89. The van der Waals surface area contributed by atoms with Gasteiger partial charge in [0.25, 0.3) is 5.91 Å². The molecular formula is C15H19N3OS. The van der Waals surface area contributed by atoms with Crippen molar-refractivity contribution in [2.45, 2.75) is 13.0 Å². The van der Waals surface area contributed by atoms with Crippen molar-refractivity contribution in [3.05, 3.63) is 46.2 Å². The van der Waals surface area contributed by atoms with Crippen LogP contribution in [0.5, 0.6) is 0 Å². The quantitative estimate of drug-likeness (QED) is 0.851. The standard InChI is InChI=1S/C15H19N3OS/c1-10(14-5-4-8-20-14)18(3)13-9-11(15(19)17-2)6-7-12(13)16/h4-10H,16H2,1-3H3,(H,17,19). The maximum absolute atomic E-state index is 11.7. The highest BCUT2D eigenvalue weighted by atomic mass is 32.1. The Bertz CT molecular complexity index is 595. The Kier molecular flexibility index (Phi) is 4.29. The monoisotopic (exact) mass is 289 g/mol. The van der Waals surface area contributed by atoms with Gasteiger partial charge in [-0.15, -0.1) is 11.3 Å². The minimum atomic E-state index is -0.108. The average Bonchev–Trinajstić information content (AvgIpc) is 2.99. The number of nitrogens with one attached hydrogen (secondary N) is 1. The van der Waals surface area contributed by atoms with Crippen LogP contribution in [-0.2, 0) is 0 Å². The van der Waals surface area contributed by atoms with Crippen LogP contribution in [0, 0.1) is 0 Å². The summed E-state index contributed by atoms with van der Waals surface area (Å²) in [6.07, 6.45) is 0. The molecule has 1 atom stereocenters. The van der Waals surface area contributed by atoms with Crippen molar-refractivity contribution < 1.29 is 4.79 Å². The molecule has 1 unspecified atom stereocenters. The van der Waals surface area contributed by atoms with E-state index in [0.717, 1.165) is 5.69 Å². The van der Waals surface area contributed by atoms with Crippen LogP contribution in [0.15, 0.2) is 35.7 Å². The first-order chi connectivity index (χ1) is 9.54. The van der Waals surface area contributed by atoms with Gasteiger partial charge in [0, 0.05) is 24.5 Å². The van der Waals surface area contributed by atoms with Crippen LogP contribution in [0.1, 0.15) is 28.2 Å². The minimum Gasteiger partial charge on any atom is -0.397 e. The van der Waals surface area contributed by atoms with Gasteiger partial charge in [0.2, 0.25) is 0 Å². The summed E-state index contributed by atoms with van der Waals surface area (Å²) in [5.74, 6) is -0.108. The molecule has 0 saturated carbocycles. The van der Waals surface area contributed by atoms with Gasteiger partial charge in [-0.3, -0.25) is 4.79 Å². The van der Waals surface area contributed by atoms with Gasteiger partial charge < -0.3 is 16.0 Å². The highest BCUT2D eigenvalue weighted by Gasteiger charge is 2.17. The van der Waals surface area contributed by atoms with Gasteiger partial charge in [0.1, 0.15) is 0 Å². The van der Waals surface area contributed by atoms with E-state index < -0.39 is 0 Å². The second kappa shape index (κ2) is 5.96. The second-order valence-electron chi connectivity index (χ2n) is 4.66. The molecule has 0 bridgehead atoms. The van der Waals surface area contributed by atoms with Gasteiger partial charge in [-0.05, 0) is 36.6 Å². The van der Waals surface area contributed by atoms with Crippen molar-refractivity contribution in [1.82, 2.24) is 5.32 Å². The van der Waals surface area contributed by atoms with Crippen LogP contribution in [0.4, 0.5) is 11.4 Å². The summed E-state index contributed by atoms with van der Waals surface area (Å²) in [4.78, 5) is 15.1. The number of carbonyl (C=O) groups excluding carboxylic acids is 1. The zero-order chi connectivity index (χ0) is 14.7. The van der Waals surface area contributed by atoms with Crippen molar-refractivity contribution in [3.63, 3.8) is 0 Å². The molecule has 2 aromatic rings. The maximum atomic E-state index is 11.7. The summed E-state index contributed by atoms with van der Waals surface area (Å²) < 4.78 is 0. The molecule has 0 radical (unpaired) electrons. The summed E-state index contributed by atoms with van der Waals surface area (Å²) in [7, 11) is 3.61. The topological polar surface area (TPSA) is 58.4 Å². The molecule has 5 heteroatoms. The number of thiophene rings is 1. The Morgan fingerprint density at radius 1 is 1.40 bits per heavy atom. The molecule has 0 spiro atoms. The Morgan fingerprint density at radius 2 is 2.15 bits per heavy atom. The van der Waals surface area contributed by atoms with E-state index in [0.29, 0.717) is 11.3 Å². The molecule has 0 aliphatic rings. The van der Waals surface area contributed by atoms with Crippen LogP contribution < -0.4 is 16.0 Å². The minimum absolute atomic E-state index is 0.108. The summed E-state index contributed by atoms with van der Waals surface area (Å²) in [5.41, 5.74) is 8.20. The number of anilines is 2. The van der Waals surface area contributed by atoms with E-state index in [1.807, 2.05) is 19.2 Å². The molecule has 4 nitrogen and oxygen atoms in total. The van der Waals surface area contributed by atoms with Gasteiger partial charge in [0.05, 0.1) is 17.4 Å². The second-order valence-corrected chi connectivity index (χ2v) is 5.63. The molecule has 0 aliphatic heterocycles. The lowest BCUT2D eigenvalue weighted by Gasteiger charge is -2.27. The first kappa shape index (κ1) is 14.4. The van der Waals surface area contributed by atoms with Crippen LogP contribution in [-0.4, -0.2) is 20.0 Å². The number of hydrogen-bond acceptors (Lipinski definition) is 4. The van der Waals surface area contributed by atoms with Crippen molar-refractivity contribution in [3.8, 4) is 0 Å². The predicted molar refractivity (Wildman–Crippen MR) is 85.4 cm³/mol. The Balaban J connectivity index is 2.33. The molecule has 0 aliphatic carbocycles. The van der Waals surface area contributed by atoms with Crippen molar-refractivity contribution in [1.29, 1.82) is 0 Å².